The fraction of sp³-hybridized carbons (Fsp3) is 0.300. The van der Waals surface area contributed by atoms with E-state index in [2.05, 4.69) is 0 Å². The molecule has 0 unspecified atom stereocenters. The van der Waals surface area contributed by atoms with Crippen molar-refractivity contribution in [3.8, 4) is 5.75 Å². The number of benzene rings is 1. The van der Waals surface area contributed by atoms with Crippen LogP contribution in [-0.2, 0) is 4.79 Å². The number of amides is 1. The highest BCUT2D eigenvalue weighted by atomic mass is 35.5. The fourth-order valence-corrected chi connectivity index (χ4v) is 1.14. The summed E-state index contributed by atoms with van der Waals surface area (Å²) in [6, 6.07) is 4.28. The summed E-state index contributed by atoms with van der Waals surface area (Å²) in [6.07, 6.45) is 0. The summed E-state index contributed by atoms with van der Waals surface area (Å²) in [5.74, 6) is -0.640. The van der Waals surface area contributed by atoms with Gasteiger partial charge in [0.25, 0.3) is 0 Å². The van der Waals surface area contributed by atoms with E-state index >= 15 is 0 Å². The predicted octanol–water partition coefficient (Wildman–Crippen LogP) is 1.18. The van der Waals surface area contributed by atoms with Crippen molar-refractivity contribution >= 4 is 24.0 Å². The minimum atomic E-state index is -0.508. The van der Waals surface area contributed by atoms with E-state index in [9.17, 15) is 9.18 Å². The van der Waals surface area contributed by atoms with E-state index in [0.717, 1.165) is 0 Å². The molecule has 0 atom stereocenters. The van der Waals surface area contributed by atoms with Gasteiger partial charge >= 0.3 is 0 Å². The predicted molar refractivity (Wildman–Crippen MR) is 62.7 cm³/mol. The number of hydrogen-bond donors (Lipinski definition) is 1. The molecule has 1 amide bonds. The molecule has 4 nitrogen and oxygen atoms in total. The van der Waals surface area contributed by atoms with Gasteiger partial charge in [-0.2, -0.15) is 0 Å². The lowest BCUT2D eigenvalue weighted by atomic mass is 10.2. The van der Waals surface area contributed by atoms with E-state index in [1.165, 1.54) is 31.2 Å². The summed E-state index contributed by atoms with van der Waals surface area (Å²) < 4.78 is 18.0. The van der Waals surface area contributed by atoms with Gasteiger partial charge in [0, 0.05) is 18.8 Å². The number of likely N-dealkylation sites (N-methyl/N-ethyl adjacent to an activating group) is 1. The van der Waals surface area contributed by atoms with Crippen molar-refractivity contribution in [3.63, 3.8) is 0 Å². The smallest absolute Gasteiger partial charge is 0.240 e. The van der Waals surface area contributed by atoms with Gasteiger partial charge in [-0.05, 0) is 12.1 Å². The van der Waals surface area contributed by atoms with Crippen molar-refractivity contribution in [2.24, 2.45) is 5.73 Å². The first-order chi connectivity index (χ1) is 7.10. The molecule has 90 valence electrons. The van der Waals surface area contributed by atoms with Gasteiger partial charge in [-0.1, -0.05) is 0 Å². The van der Waals surface area contributed by atoms with Crippen molar-refractivity contribution in [2.75, 3.05) is 25.6 Å². The number of nitrogens with two attached hydrogens (primary N) is 1. The lowest BCUT2D eigenvalue weighted by Gasteiger charge is -2.16. The summed E-state index contributed by atoms with van der Waals surface area (Å²) in [6.45, 7) is -0.107. The summed E-state index contributed by atoms with van der Waals surface area (Å²) in [7, 11) is 2.92. The molecule has 0 heterocycles. The van der Waals surface area contributed by atoms with Gasteiger partial charge in [0.05, 0.1) is 13.7 Å². The van der Waals surface area contributed by atoms with E-state index in [1.54, 1.807) is 6.07 Å². The van der Waals surface area contributed by atoms with E-state index in [4.69, 9.17) is 10.5 Å². The highest BCUT2D eigenvalue weighted by molar-refractivity contribution is 5.94. The normalized spacial score (nSPS) is 9.25. The third-order valence-corrected chi connectivity index (χ3v) is 2.07. The fourth-order valence-electron chi connectivity index (χ4n) is 1.14. The molecule has 16 heavy (non-hydrogen) atoms. The Morgan fingerprint density at radius 3 is 2.62 bits per heavy atom. The zero-order valence-electron chi connectivity index (χ0n) is 9.07. The topological polar surface area (TPSA) is 55.6 Å². The Morgan fingerprint density at radius 1 is 1.56 bits per heavy atom. The number of halogens is 2. The largest absolute Gasteiger partial charge is 0.494 e. The highest BCUT2D eigenvalue weighted by Gasteiger charge is 2.11. The molecule has 0 spiro atoms. The maximum absolute atomic E-state index is 13.3. The van der Waals surface area contributed by atoms with Crippen LogP contribution in [0.3, 0.4) is 0 Å². The SMILES string of the molecule is COc1ccc(N(C)C(=O)CN)cc1F.Cl. The van der Waals surface area contributed by atoms with Gasteiger partial charge in [0.15, 0.2) is 11.6 Å². The summed E-state index contributed by atoms with van der Waals surface area (Å²) in [5, 5.41) is 0. The number of carbonyl (C=O) groups excluding carboxylic acids is 1. The van der Waals surface area contributed by atoms with Crippen molar-refractivity contribution in [1.82, 2.24) is 0 Å². The highest BCUT2D eigenvalue weighted by Crippen LogP contribution is 2.22. The molecule has 0 saturated carbocycles. The molecule has 1 aromatic rings. The maximum Gasteiger partial charge on any atom is 0.240 e. The van der Waals surface area contributed by atoms with Gasteiger partial charge in [-0.15, -0.1) is 12.4 Å². The van der Waals surface area contributed by atoms with E-state index < -0.39 is 5.82 Å². The number of nitrogens with zero attached hydrogens (tertiary/aromatic N) is 1. The molecular weight excluding hydrogens is 235 g/mol. The molecular formula is C10H14ClFN2O2. The van der Waals surface area contributed by atoms with Crippen LogP contribution in [-0.4, -0.2) is 26.6 Å². The molecule has 0 aliphatic carbocycles. The van der Waals surface area contributed by atoms with Crippen LogP contribution in [0.4, 0.5) is 10.1 Å². The van der Waals surface area contributed by atoms with Crippen LogP contribution < -0.4 is 15.4 Å². The van der Waals surface area contributed by atoms with Crippen LogP contribution in [0.2, 0.25) is 0 Å². The van der Waals surface area contributed by atoms with Crippen LogP contribution in [0.25, 0.3) is 0 Å². The zero-order chi connectivity index (χ0) is 11.4. The van der Waals surface area contributed by atoms with E-state index in [0.29, 0.717) is 5.69 Å². The van der Waals surface area contributed by atoms with Gasteiger partial charge in [0.1, 0.15) is 0 Å². The lowest BCUT2D eigenvalue weighted by Crippen LogP contribution is -2.32. The first-order valence-electron chi connectivity index (χ1n) is 4.40. The molecule has 0 aliphatic heterocycles. The first-order valence-corrected chi connectivity index (χ1v) is 4.40. The number of hydrogen-bond acceptors (Lipinski definition) is 3. The van der Waals surface area contributed by atoms with E-state index in [1.807, 2.05) is 0 Å². The Kier molecular flexibility index (Phi) is 5.77. The van der Waals surface area contributed by atoms with Crippen LogP contribution in [0.1, 0.15) is 0 Å². The Labute approximate surface area is 99.6 Å². The third kappa shape index (κ3) is 3.08. The summed E-state index contributed by atoms with van der Waals surface area (Å²) in [4.78, 5) is 12.5. The monoisotopic (exact) mass is 248 g/mol. The van der Waals surface area contributed by atoms with Gasteiger partial charge in [0.2, 0.25) is 5.91 Å². The average molecular weight is 249 g/mol. The van der Waals surface area contributed by atoms with Gasteiger partial charge < -0.3 is 15.4 Å². The van der Waals surface area contributed by atoms with Crippen molar-refractivity contribution < 1.29 is 13.9 Å². The molecule has 0 radical (unpaired) electrons. The minimum Gasteiger partial charge on any atom is -0.494 e. The molecule has 0 aromatic heterocycles. The molecule has 1 aromatic carbocycles. The van der Waals surface area contributed by atoms with Crippen molar-refractivity contribution in [2.45, 2.75) is 0 Å². The summed E-state index contributed by atoms with van der Waals surface area (Å²) in [5.41, 5.74) is 5.64. The summed E-state index contributed by atoms with van der Waals surface area (Å²) >= 11 is 0. The molecule has 0 fully saturated rings. The minimum absolute atomic E-state index is 0. The Hall–Kier alpha value is -1.33. The van der Waals surface area contributed by atoms with Gasteiger partial charge in [-0.25, -0.2) is 4.39 Å². The van der Waals surface area contributed by atoms with Crippen LogP contribution in [0.5, 0.6) is 5.75 Å². The second-order valence-corrected chi connectivity index (χ2v) is 2.98. The van der Waals surface area contributed by atoms with Crippen LogP contribution in [0, 0.1) is 5.82 Å². The number of anilines is 1. The molecule has 0 saturated heterocycles. The van der Waals surface area contributed by atoms with Crippen molar-refractivity contribution in [1.29, 1.82) is 0 Å². The van der Waals surface area contributed by atoms with Gasteiger partial charge in [-0.3, -0.25) is 4.79 Å². The third-order valence-electron chi connectivity index (χ3n) is 2.07. The number of rotatable bonds is 3. The Balaban J connectivity index is 0.00000225. The molecule has 0 aliphatic rings. The van der Waals surface area contributed by atoms with Crippen molar-refractivity contribution in [3.05, 3.63) is 24.0 Å². The number of methoxy groups -OCH3 is 1. The second kappa shape index (κ2) is 6.30. The van der Waals surface area contributed by atoms with Crippen LogP contribution in [0.15, 0.2) is 18.2 Å². The maximum atomic E-state index is 13.3. The second-order valence-electron chi connectivity index (χ2n) is 2.98. The lowest BCUT2D eigenvalue weighted by molar-refractivity contribution is -0.117. The molecule has 1 rings (SSSR count). The number of carbonyl (C=O) groups is 1. The molecule has 0 bridgehead atoms. The first kappa shape index (κ1) is 14.7. The Morgan fingerprint density at radius 2 is 2.19 bits per heavy atom. The zero-order valence-corrected chi connectivity index (χ0v) is 9.88. The quantitative estimate of drug-likeness (QED) is 0.874. The standard InChI is InChI=1S/C10H13FN2O2.ClH/c1-13(10(14)6-12)7-3-4-9(15-2)8(11)5-7;/h3-5H,6,12H2,1-2H3;1H. The average Bonchev–Trinajstić information content (AvgIpc) is 2.26. The van der Waals surface area contributed by atoms with E-state index in [-0.39, 0.29) is 30.6 Å². The number of ether oxygens (including phenoxy) is 1. The molecule has 2 N–H and O–H groups in total. The molecule has 6 heteroatoms. The van der Waals surface area contributed by atoms with Crippen LogP contribution >= 0.6 is 12.4 Å². The Bertz CT molecular complexity index is 374.